The van der Waals surface area contributed by atoms with E-state index in [1.165, 1.54) is 11.4 Å². The van der Waals surface area contributed by atoms with Crippen LogP contribution in [0.1, 0.15) is 132 Å². The first-order chi connectivity index (χ1) is 24.1. The molecule has 0 aromatic carbocycles. The van der Waals surface area contributed by atoms with Crippen molar-refractivity contribution >= 4 is 39.3 Å². The number of Topliss-reactive ketones (excluding diaryl/α,β-unsaturated/α-hetero) is 3. The molecule has 0 aromatic heterocycles. The second kappa shape index (κ2) is 17.7. The number of nitrogens with one attached hydrogen (secondary N) is 2. The molecule has 1 aliphatic heterocycles. The van der Waals surface area contributed by atoms with E-state index in [1.54, 1.807) is 11.0 Å². The highest BCUT2D eigenvalue weighted by molar-refractivity contribution is 7.88. The lowest BCUT2D eigenvalue weighted by atomic mass is 9.70. The number of unbranched alkanes of at least 4 members (excludes halogenated alkanes) is 1. The van der Waals surface area contributed by atoms with Crippen molar-refractivity contribution in [3.63, 3.8) is 0 Å². The summed E-state index contributed by atoms with van der Waals surface area (Å²) in [7, 11) is -2.03. The molecular weight excluding hydrogens is 681 g/mol. The van der Waals surface area contributed by atoms with Gasteiger partial charge >= 0.3 is 6.03 Å². The van der Waals surface area contributed by atoms with Gasteiger partial charge in [-0.25, -0.2) is 17.5 Å². The Bertz CT molecular complexity index is 1430. The van der Waals surface area contributed by atoms with Crippen LogP contribution in [0.3, 0.4) is 0 Å². The highest BCUT2D eigenvalue weighted by atomic mass is 32.2. The predicted molar refractivity (Wildman–Crippen MR) is 205 cm³/mol. The van der Waals surface area contributed by atoms with Crippen LogP contribution in [-0.4, -0.2) is 91.4 Å². The third-order valence-electron chi connectivity index (χ3n) is 12.5. The summed E-state index contributed by atoms with van der Waals surface area (Å²) >= 11 is 0. The Hall–Kier alpha value is -2.60. The summed E-state index contributed by atoms with van der Waals surface area (Å²) < 4.78 is 25.7. The van der Waals surface area contributed by atoms with E-state index in [2.05, 4.69) is 31.1 Å². The summed E-state index contributed by atoms with van der Waals surface area (Å²) in [6.45, 7) is 18.3. The average Bonchev–Trinajstić information content (AvgIpc) is 3.59. The zero-order valence-corrected chi connectivity index (χ0v) is 34.3. The van der Waals surface area contributed by atoms with Gasteiger partial charge in [0.05, 0.1) is 12.3 Å². The molecule has 12 heteroatoms. The van der Waals surface area contributed by atoms with Crippen molar-refractivity contribution in [3.05, 3.63) is 12.7 Å². The Morgan fingerprint density at radius 1 is 1.02 bits per heavy atom. The maximum absolute atomic E-state index is 15.1. The Balaban J connectivity index is 1.98. The quantitative estimate of drug-likeness (QED) is 0.128. The summed E-state index contributed by atoms with van der Waals surface area (Å²) in [6, 6.07) is -2.78. The van der Waals surface area contributed by atoms with E-state index in [9.17, 15) is 27.6 Å². The van der Waals surface area contributed by atoms with Gasteiger partial charge in [0.2, 0.25) is 21.7 Å². The highest BCUT2D eigenvalue weighted by Gasteiger charge is 2.57. The zero-order chi connectivity index (χ0) is 39.2. The number of ketones is 3. The molecule has 296 valence electrons. The standard InChI is InChI=1S/C40H68N4O7S/c1-11-13-18-27(34(47)30(45)19-14-12-2)24-31(46)33-28-20-23-39(6,7)29(28)25-44(33)36(48)35(40(8)21-16-15-17-22-40)42-37(49)41-32(38(3,4)5)26-43(9)52(10,50)51/h12,27-29,32-33,35H,2,11,13-26H2,1,3-10H3,(H2,41,42,49)/t27?,28-,29-,32+,33-,35+/m0/s1. The largest absolute Gasteiger partial charge is 0.334 e. The first-order valence-corrected chi connectivity index (χ1v) is 21.4. The van der Waals surface area contributed by atoms with E-state index in [0.29, 0.717) is 25.8 Å². The summed E-state index contributed by atoms with van der Waals surface area (Å²) in [5.41, 5.74) is -1.17. The molecular formula is C40H68N4O7S. The fourth-order valence-corrected chi connectivity index (χ4v) is 9.21. The number of nitrogens with zero attached hydrogens (tertiary/aromatic N) is 2. The molecule has 1 heterocycles. The van der Waals surface area contributed by atoms with E-state index < -0.39 is 62.5 Å². The van der Waals surface area contributed by atoms with Crippen molar-refractivity contribution in [2.45, 2.75) is 150 Å². The first-order valence-electron chi connectivity index (χ1n) is 19.6. The lowest BCUT2D eigenvalue weighted by Gasteiger charge is -2.43. The number of sulfonamides is 1. The fraction of sp³-hybridized carbons (Fsp3) is 0.825. The van der Waals surface area contributed by atoms with E-state index >= 15 is 4.79 Å². The van der Waals surface area contributed by atoms with Crippen LogP contribution in [-0.2, 0) is 29.2 Å². The van der Waals surface area contributed by atoms with E-state index in [4.69, 9.17) is 0 Å². The number of rotatable bonds is 18. The molecule has 2 N–H and O–H groups in total. The maximum atomic E-state index is 15.1. The van der Waals surface area contributed by atoms with Crippen LogP contribution in [0.4, 0.5) is 4.79 Å². The highest BCUT2D eigenvalue weighted by Crippen LogP contribution is 2.54. The van der Waals surface area contributed by atoms with Crippen LogP contribution in [0, 0.1) is 34.0 Å². The van der Waals surface area contributed by atoms with Gasteiger partial charge in [-0.15, -0.1) is 6.58 Å². The number of hydrogen-bond donors (Lipinski definition) is 2. The van der Waals surface area contributed by atoms with Gasteiger partial charge in [0.1, 0.15) is 6.04 Å². The second-order valence-electron chi connectivity index (χ2n) is 18.1. The molecule has 0 spiro atoms. The summed E-state index contributed by atoms with van der Waals surface area (Å²) in [6.07, 6.45) is 11.1. The van der Waals surface area contributed by atoms with Crippen LogP contribution in [0.15, 0.2) is 12.7 Å². The van der Waals surface area contributed by atoms with Crippen molar-refractivity contribution in [2.24, 2.45) is 34.0 Å². The topological polar surface area (TPSA) is 150 Å². The predicted octanol–water partition coefficient (Wildman–Crippen LogP) is 6.06. The van der Waals surface area contributed by atoms with Gasteiger partial charge in [0.25, 0.3) is 0 Å². The number of urea groups is 1. The van der Waals surface area contributed by atoms with Crippen molar-refractivity contribution in [2.75, 3.05) is 26.4 Å². The molecule has 52 heavy (non-hydrogen) atoms. The summed E-state index contributed by atoms with van der Waals surface area (Å²) in [5, 5.41) is 6.05. The normalized spacial score (nSPS) is 24.4. The van der Waals surface area contributed by atoms with Crippen LogP contribution in [0.2, 0.25) is 0 Å². The minimum absolute atomic E-state index is 0.0563. The lowest BCUT2D eigenvalue weighted by molar-refractivity contribution is -0.144. The number of likely N-dealkylation sites (tertiary alicyclic amines) is 1. The molecule has 2 aliphatic carbocycles. The third-order valence-corrected chi connectivity index (χ3v) is 13.8. The number of hydrogen-bond acceptors (Lipinski definition) is 7. The number of carbonyl (C=O) groups is 5. The third kappa shape index (κ3) is 10.8. The van der Waals surface area contributed by atoms with Gasteiger partial charge in [-0.05, 0) is 66.6 Å². The van der Waals surface area contributed by atoms with Gasteiger partial charge in [-0.2, -0.15) is 0 Å². The molecule has 2 saturated carbocycles. The van der Waals surface area contributed by atoms with Crippen LogP contribution < -0.4 is 10.6 Å². The second-order valence-corrected chi connectivity index (χ2v) is 20.2. The Kier molecular flexibility index (Phi) is 14.9. The Morgan fingerprint density at radius 3 is 2.21 bits per heavy atom. The molecule has 0 bridgehead atoms. The Morgan fingerprint density at radius 2 is 1.65 bits per heavy atom. The van der Waals surface area contributed by atoms with Crippen LogP contribution in [0.5, 0.6) is 0 Å². The molecule has 3 aliphatic rings. The van der Waals surface area contributed by atoms with Crippen molar-refractivity contribution in [1.82, 2.24) is 19.8 Å². The fourth-order valence-electron chi connectivity index (χ4n) is 8.79. The molecule has 6 atom stereocenters. The number of likely N-dealkylation sites (N-methyl/N-ethyl adjacent to an activating group) is 1. The van der Waals surface area contributed by atoms with Crippen molar-refractivity contribution in [3.8, 4) is 0 Å². The monoisotopic (exact) mass is 748 g/mol. The Labute approximate surface area is 313 Å². The van der Waals surface area contributed by atoms with Crippen molar-refractivity contribution < 1.29 is 32.4 Å². The van der Waals surface area contributed by atoms with Gasteiger partial charge in [0.15, 0.2) is 11.6 Å². The number of fused-ring (bicyclic) bond motifs is 1. The lowest BCUT2D eigenvalue weighted by Crippen LogP contribution is -2.62. The molecule has 3 rings (SSSR count). The molecule has 0 radical (unpaired) electrons. The van der Waals surface area contributed by atoms with Gasteiger partial charge in [-0.3, -0.25) is 19.2 Å². The van der Waals surface area contributed by atoms with Gasteiger partial charge < -0.3 is 15.5 Å². The smallest absolute Gasteiger partial charge is 0.315 e. The molecule has 1 unspecified atom stereocenters. The van der Waals surface area contributed by atoms with Gasteiger partial charge in [-0.1, -0.05) is 86.6 Å². The number of amides is 3. The van der Waals surface area contributed by atoms with E-state index in [-0.39, 0.29) is 48.3 Å². The average molecular weight is 749 g/mol. The minimum Gasteiger partial charge on any atom is -0.334 e. The molecule has 0 aromatic rings. The van der Waals surface area contributed by atoms with Crippen molar-refractivity contribution in [1.29, 1.82) is 0 Å². The summed E-state index contributed by atoms with van der Waals surface area (Å²) in [4.78, 5) is 71.5. The zero-order valence-electron chi connectivity index (χ0n) is 33.5. The molecule has 1 saturated heterocycles. The minimum atomic E-state index is -3.50. The SMILES string of the molecule is C=CCCC(=O)C(=O)C(CCCC)CC(=O)[C@@H]1[C@H]2CCC(C)(C)[C@H]2CN1C(=O)[C@@H](NC(=O)N[C@H](CN(C)S(C)(=O)=O)C(C)(C)C)C1(C)CCCCC1. The van der Waals surface area contributed by atoms with E-state index in [1.807, 2.05) is 34.6 Å². The van der Waals surface area contributed by atoms with Gasteiger partial charge in [0, 0.05) is 44.9 Å². The molecule has 3 fully saturated rings. The first kappa shape index (κ1) is 43.8. The maximum Gasteiger partial charge on any atom is 0.315 e. The molecule has 3 amide bonds. The van der Waals surface area contributed by atoms with E-state index in [0.717, 1.165) is 57.6 Å². The number of carbonyl (C=O) groups excluding carboxylic acids is 5. The summed E-state index contributed by atoms with van der Waals surface area (Å²) in [5.74, 6) is -2.19. The number of allylic oxidation sites excluding steroid dienone is 1. The van der Waals surface area contributed by atoms with Crippen LogP contribution >= 0.6 is 0 Å². The molecule has 11 nitrogen and oxygen atoms in total. The van der Waals surface area contributed by atoms with Crippen LogP contribution in [0.25, 0.3) is 0 Å².